The highest BCUT2D eigenvalue weighted by Gasteiger charge is 2.62. The second kappa shape index (κ2) is 9.00. The standard InChI is InChI=1S/C25H24BrNO2S2/c1-16(2)27-23(29)25(31-24(27)30)21(18-8-10-19(26)11-9-18)13-12-20(22(25)14-15-28)17-6-4-3-5-7-17/h3-12,15-16,21-22H,13-14H2,1-2H3/t21-,22+,25+/m0/s1. The number of amides is 1. The highest BCUT2D eigenvalue weighted by Crippen LogP contribution is 2.60. The number of rotatable bonds is 5. The normalized spacial score (nSPS) is 25.9. The summed E-state index contributed by atoms with van der Waals surface area (Å²) in [6, 6.07) is 18.2. The molecule has 1 saturated heterocycles. The first-order valence-corrected chi connectivity index (χ1v) is 12.4. The highest BCUT2D eigenvalue weighted by atomic mass is 79.9. The summed E-state index contributed by atoms with van der Waals surface area (Å²) in [4.78, 5) is 27.7. The molecular weight excluding hydrogens is 490 g/mol. The summed E-state index contributed by atoms with van der Waals surface area (Å²) in [7, 11) is 0. The molecule has 0 unspecified atom stereocenters. The maximum atomic E-state index is 14.1. The summed E-state index contributed by atoms with van der Waals surface area (Å²) in [5, 5.41) is 0. The zero-order valence-corrected chi connectivity index (χ0v) is 20.7. The SMILES string of the molecule is CC(C)N1C(=O)[C@]2(SC1=S)[C@H](CC=O)C(c1ccccc1)=CC[C@H]2c1ccc(Br)cc1. The quantitative estimate of drug-likeness (QED) is 0.350. The van der Waals surface area contributed by atoms with E-state index in [9.17, 15) is 9.59 Å². The van der Waals surface area contributed by atoms with E-state index in [2.05, 4.69) is 46.3 Å². The van der Waals surface area contributed by atoms with E-state index in [4.69, 9.17) is 12.2 Å². The van der Waals surface area contributed by atoms with Gasteiger partial charge in [-0.2, -0.15) is 0 Å². The number of hydrogen-bond donors (Lipinski definition) is 0. The summed E-state index contributed by atoms with van der Waals surface area (Å²) >= 11 is 10.7. The fourth-order valence-electron chi connectivity index (χ4n) is 4.86. The number of thiocarbonyl (C=S) groups is 1. The molecule has 1 aliphatic heterocycles. The number of hydrogen-bond acceptors (Lipinski definition) is 4. The summed E-state index contributed by atoms with van der Waals surface area (Å²) < 4.78 is 0.763. The van der Waals surface area contributed by atoms with Gasteiger partial charge >= 0.3 is 0 Å². The van der Waals surface area contributed by atoms with Gasteiger partial charge in [-0.3, -0.25) is 9.69 Å². The van der Waals surface area contributed by atoms with E-state index in [1.54, 1.807) is 4.90 Å². The van der Waals surface area contributed by atoms with Crippen LogP contribution >= 0.6 is 39.9 Å². The highest BCUT2D eigenvalue weighted by molar-refractivity contribution is 9.10. The maximum absolute atomic E-state index is 14.1. The number of nitrogens with zero attached hydrogens (tertiary/aromatic N) is 1. The number of allylic oxidation sites excluding steroid dienone is 2. The molecule has 0 saturated carbocycles. The first kappa shape index (κ1) is 22.4. The monoisotopic (exact) mass is 513 g/mol. The lowest BCUT2D eigenvalue weighted by Crippen LogP contribution is -2.52. The van der Waals surface area contributed by atoms with Crippen molar-refractivity contribution < 1.29 is 9.59 Å². The molecule has 0 bridgehead atoms. The van der Waals surface area contributed by atoms with Gasteiger partial charge in [-0.15, -0.1) is 0 Å². The van der Waals surface area contributed by atoms with E-state index in [1.807, 2.05) is 44.2 Å². The van der Waals surface area contributed by atoms with Crippen LogP contribution in [0.15, 0.2) is 65.1 Å². The molecule has 31 heavy (non-hydrogen) atoms. The van der Waals surface area contributed by atoms with Crippen molar-refractivity contribution in [3.8, 4) is 0 Å². The molecule has 4 rings (SSSR count). The van der Waals surface area contributed by atoms with Crippen LogP contribution < -0.4 is 0 Å². The molecule has 0 N–H and O–H groups in total. The average molecular weight is 515 g/mol. The molecule has 1 amide bonds. The van der Waals surface area contributed by atoms with Crippen molar-refractivity contribution in [1.29, 1.82) is 0 Å². The number of aldehydes is 1. The summed E-state index contributed by atoms with van der Waals surface area (Å²) in [5.41, 5.74) is 3.22. The fourth-order valence-corrected chi connectivity index (χ4v) is 7.44. The van der Waals surface area contributed by atoms with Gasteiger partial charge in [-0.05, 0) is 49.1 Å². The molecule has 1 heterocycles. The number of carbonyl (C=O) groups is 2. The Kier molecular flexibility index (Phi) is 6.52. The van der Waals surface area contributed by atoms with E-state index in [0.29, 0.717) is 10.7 Å². The van der Waals surface area contributed by atoms with Crippen LogP contribution in [0.3, 0.4) is 0 Å². The third-order valence-electron chi connectivity index (χ3n) is 6.22. The minimum atomic E-state index is -0.837. The van der Waals surface area contributed by atoms with Gasteiger partial charge < -0.3 is 4.79 Å². The lowest BCUT2D eigenvalue weighted by Gasteiger charge is -2.45. The van der Waals surface area contributed by atoms with Crippen LogP contribution in [-0.2, 0) is 9.59 Å². The lowest BCUT2D eigenvalue weighted by molar-refractivity contribution is -0.132. The number of carbonyl (C=O) groups excluding carboxylic acids is 2. The van der Waals surface area contributed by atoms with E-state index in [1.165, 1.54) is 11.8 Å². The fraction of sp³-hybridized carbons (Fsp3) is 0.320. The van der Waals surface area contributed by atoms with Crippen LogP contribution in [0.5, 0.6) is 0 Å². The zero-order chi connectivity index (χ0) is 22.2. The molecule has 1 fully saturated rings. The molecule has 160 valence electrons. The van der Waals surface area contributed by atoms with Crippen LogP contribution in [0, 0.1) is 5.92 Å². The molecule has 2 aliphatic rings. The largest absolute Gasteiger partial charge is 0.303 e. The Bertz CT molecular complexity index is 1040. The van der Waals surface area contributed by atoms with E-state index >= 15 is 0 Å². The minimum absolute atomic E-state index is 0.0267. The Balaban J connectivity index is 1.93. The molecule has 3 nitrogen and oxygen atoms in total. The summed E-state index contributed by atoms with van der Waals surface area (Å²) in [5.74, 6) is -0.301. The van der Waals surface area contributed by atoms with Gasteiger partial charge in [0.2, 0.25) is 5.91 Å². The van der Waals surface area contributed by atoms with Crippen molar-refractivity contribution in [2.45, 2.75) is 43.4 Å². The molecular formula is C25H24BrNO2S2. The van der Waals surface area contributed by atoms with Crippen LogP contribution in [-0.4, -0.2) is 32.2 Å². The molecule has 6 heteroatoms. The van der Waals surface area contributed by atoms with Gasteiger partial charge in [0.05, 0.1) is 0 Å². The van der Waals surface area contributed by atoms with E-state index in [-0.39, 0.29) is 30.2 Å². The third-order valence-corrected chi connectivity index (χ3v) is 8.65. The molecule has 2 aromatic carbocycles. The van der Waals surface area contributed by atoms with Gasteiger partial charge in [0, 0.05) is 28.8 Å². The van der Waals surface area contributed by atoms with Crippen LogP contribution in [0.2, 0.25) is 0 Å². The Morgan fingerprint density at radius 2 is 1.87 bits per heavy atom. The summed E-state index contributed by atoms with van der Waals surface area (Å²) in [6.07, 6.45) is 4.16. The van der Waals surface area contributed by atoms with Crippen LogP contribution in [0.25, 0.3) is 5.57 Å². The maximum Gasteiger partial charge on any atom is 0.246 e. The average Bonchev–Trinajstić information content (AvgIpc) is 3.01. The van der Waals surface area contributed by atoms with Crippen molar-refractivity contribution in [2.75, 3.05) is 0 Å². The van der Waals surface area contributed by atoms with Gasteiger partial charge in [-0.25, -0.2) is 0 Å². The first-order valence-electron chi connectivity index (χ1n) is 10.4. The van der Waals surface area contributed by atoms with Gasteiger partial charge in [-0.1, -0.05) is 88.5 Å². The molecule has 3 atom stereocenters. The van der Waals surface area contributed by atoms with Gasteiger partial charge in [0.1, 0.15) is 15.4 Å². The second-order valence-electron chi connectivity index (χ2n) is 8.25. The molecule has 0 radical (unpaired) electrons. The molecule has 1 aliphatic carbocycles. The lowest BCUT2D eigenvalue weighted by atomic mass is 9.65. The van der Waals surface area contributed by atoms with Crippen molar-refractivity contribution in [1.82, 2.24) is 4.90 Å². The van der Waals surface area contributed by atoms with Crippen LogP contribution in [0.4, 0.5) is 0 Å². The number of halogens is 1. The van der Waals surface area contributed by atoms with Crippen molar-refractivity contribution in [2.24, 2.45) is 5.92 Å². The number of thioether (sulfide) groups is 1. The van der Waals surface area contributed by atoms with Crippen molar-refractivity contribution in [3.63, 3.8) is 0 Å². The smallest absolute Gasteiger partial charge is 0.246 e. The van der Waals surface area contributed by atoms with E-state index in [0.717, 1.165) is 27.5 Å². The molecule has 2 aromatic rings. The van der Waals surface area contributed by atoms with Crippen molar-refractivity contribution in [3.05, 3.63) is 76.3 Å². The third kappa shape index (κ3) is 3.83. The topological polar surface area (TPSA) is 37.4 Å². The second-order valence-corrected chi connectivity index (χ2v) is 11.1. The van der Waals surface area contributed by atoms with Gasteiger partial charge in [0.15, 0.2) is 0 Å². The predicted molar refractivity (Wildman–Crippen MR) is 135 cm³/mol. The molecule has 1 spiro atoms. The zero-order valence-electron chi connectivity index (χ0n) is 17.5. The Morgan fingerprint density at radius 1 is 1.19 bits per heavy atom. The van der Waals surface area contributed by atoms with Crippen LogP contribution in [0.1, 0.15) is 43.7 Å². The minimum Gasteiger partial charge on any atom is -0.303 e. The number of benzene rings is 2. The van der Waals surface area contributed by atoms with E-state index < -0.39 is 4.75 Å². The van der Waals surface area contributed by atoms with Gasteiger partial charge in [0.25, 0.3) is 0 Å². The Morgan fingerprint density at radius 3 is 2.45 bits per heavy atom. The molecule has 0 aromatic heterocycles. The predicted octanol–water partition coefficient (Wildman–Crippen LogP) is 6.23. The Hall–Kier alpha value is -1.76. The Labute approximate surface area is 201 Å². The summed E-state index contributed by atoms with van der Waals surface area (Å²) in [6.45, 7) is 3.98. The first-order chi connectivity index (χ1) is 14.9. The van der Waals surface area contributed by atoms with Crippen molar-refractivity contribution >= 4 is 62.0 Å².